The zero-order chi connectivity index (χ0) is 19.2. The quantitative estimate of drug-likeness (QED) is 0.665. The van der Waals surface area contributed by atoms with Gasteiger partial charge in [0.25, 0.3) is 5.91 Å². The molecule has 138 valence electrons. The molecule has 0 spiro atoms. The number of anilines is 2. The van der Waals surface area contributed by atoms with Gasteiger partial charge in [0, 0.05) is 30.7 Å². The molecule has 0 fully saturated rings. The number of benzene rings is 2. The van der Waals surface area contributed by atoms with E-state index >= 15 is 0 Å². The van der Waals surface area contributed by atoms with E-state index in [4.69, 9.17) is 0 Å². The average molecular weight is 359 g/mol. The Balaban J connectivity index is 1.78. The van der Waals surface area contributed by atoms with Crippen molar-refractivity contribution in [1.82, 2.24) is 9.88 Å². The van der Waals surface area contributed by atoms with Crippen LogP contribution in [0.15, 0.2) is 66.9 Å². The number of carbonyl (C=O) groups excluding carboxylic acids is 1. The van der Waals surface area contributed by atoms with Crippen LogP contribution in [-0.2, 0) is 6.54 Å². The number of pyridine rings is 1. The number of hydrogen-bond donors (Lipinski definition) is 1. The fourth-order valence-electron chi connectivity index (χ4n) is 3.13. The Labute approximate surface area is 160 Å². The molecular weight excluding hydrogens is 334 g/mol. The SMILES string of the molecule is CCN(Cc1ccccc1)C(=O)c1cc(Nc2cc(C)cc(C)c2)ccn1. The van der Waals surface area contributed by atoms with Crippen molar-refractivity contribution < 1.29 is 4.79 Å². The minimum Gasteiger partial charge on any atom is -0.355 e. The number of carbonyl (C=O) groups is 1. The minimum absolute atomic E-state index is 0.0644. The first-order chi connectivity index (χ1) is 13.0. The summed E-state index contributed by atoms with van der Waals surface area (Å²) >= 11 is 0. The first kappa shape index (κ1) is 18.6. The lowest BCUT2D eigenvalue weighted by atomic mass is 10.1. The molecule has 0 aliphatic rings. The van der Waals surface area contributed by atoms with Gasteiger partial charge in [-0.05, 0) is 61.7 Å². The normalized spacial score (nSPS) is 10.5. The summed E-state index contributed by atoms with van der Waals surface area (Å²) in [5.41, 5.74) is 5.81. The van der Waals surface area contributed by atoms with Crippen LogP contribution >= 0.6 is 0 Å². The second kappa shape index (κ2) is 8.49. The summed E-state index contributed by atoms with van der Waals surface area (Å²) in [5, 5.41) is 3.38. The van der Waals surface area contributed by atoms with Gasteiger partial charge in [-0.3, -0.25) is 9.78 Å². The molecule has 27 heavy (non-hydrogen) atoms. The van der Waals surface area contributed by atoms with Crippen LogP contribution in [0.2, 0.25) is 0 Å². The summed E-state index contributed by atoms with van der Waals surface area (Å²) in [6, 6.07) is 20.0. The minimum atomic E-state index is -0.0644. The van der Waals surface area contributed by atoms with E-state index in [9.17, 15) is 4.79 Å². The fourth-order valence-corrected chi connectivity index (χ4v) is 3.13. The lowest BCUT2D eigenvalue weighted by molar-refractivity contribution is 0.0746. The molecule has 1 amide bonds. The summed E-state index contributed by atoms with van der Waals surface area (Å²) in [4.78, 5) is 19.0. The monoisotopic (exact) mass is 359 g/mol. The number of nitrogens with zero attached hydrogens (tertiary/aromatic N) is 2. The highest BCUT2D eigenvalue weighted by Crippen LogP contribution is 2.20. The molecule has 0 atom stereocenters. The van der Waals surface area contributed by atoms with E-state index in [0.29, 0.717) is 18.8 Å². The highest BCUT2D eigenvalue weighted by atomic mass is 16.2. The molecule has 0 radical (unpaired) electrons. The molecule has 1 heterocycles. The van der Waals surface area contributed by atoms with Crippen molar-refractivity contribution in [2.24, 2.45) is 0 Å². The van der Waals surface area contributed by atoms with Crippen LogP contribution in [0.4, 0.5) is 11.4 Å². The number of amides is 1. The molecule has 0 aliphatic carbocycles. The molecule has 1 N–H and O–H groups in total. The van der Waals surface area contributed by atoms with E-state index in [-0.39, 0.29) is 5.91 Å². The number of aromatic nitrogens is 1. The highest BCUT2D eigenvalue weighted by molar-refractivity contribution is 5.93. The summed E-state index contributed by atoms with van der Waals surface area (Å²) in [5.74, 6) is -0.0644. The molecule has 4 nitrogen and oxygen atoms in total. The molecule has 3 aromatic rings. The second-order valence-corrected chi connectivity index (χ2v) is 6.74. The van der Waals surface area contributed by atoms with Gasteiger partial charge in [-0.25, -0.2) is 0 Å². The zero-order valence-electron chi connectivity index (χ0n) is 16.1. The maximum absolute atomic E-state index is 12.9. The number of hydrogen-bond acceptors (Lipinski definition) is 3. The lowest BCUT2D eigenvalue weighted by Crippen LogP contribution is -2.31. The molecule has 2 aromatic carbocycles. The van der Waals surface area contributed by atoms with Crippen molar-refractivity contribution in [1.29, 1.82) is 0 Å². The molecule has 1 aromatic heterocycles. The van der Waals surface area contributed by atoms with Crippen molar-refractivity contribution in [3.05, 3.63) is 89.2 Å². The van der Waals surface area contributed by atoms with Gasteiger partial charge in [0.1, 0.15) is 5.69 Å². The Morgan fingerprint density at radius 3 is 2.33 bits per heavy atom. The molecule has 0 saturated carbocycles. The van der Waals surface area contributed by atoms with Crippen molar-refractivity contribution in [3.63, 3.8) is 0 Å². The molecular formula is C23H25N3O. The topological polar surface area (TPSA) is 45.2 Å². The summed E-state index contributed by atoms with van der Waals surface area (Å²) in [7, 11) is 0. The summed E-state index contributed by atoms with van der Waals surface area (Å²) in [6.07, 6.45) is 1.68. The smallest absolute Gasteiger partial charge is 0.272 e. The van der Waals surface area contributed by atoms with Gasteiger partial charge in [-0.2, -0.15) is 0 Å². The fraction of sp³-hybridized carbons (Fsp3) is 0.217. The Bertz CT molecular complexity index is 902. The van der Waals surface area contributed by atoms with E-state index in [1.54, 1.807) is 11.1 Å². The average Bonchev–Trinajstić information content (AvgIpc) is 2.66. The Hall–Kier alpha value is -3.14. The van der Waals surface area contributed by atoms with E-state index in [1.165, 1.54) is 11.1 Å². The van der Waals surface area contributed by atoms with Crippen LogP contribution in [-0.4, -0.2) is 22.3 Å². The van der Waals surface area contributed by atoms with Crippen molar-refractivity contribution in [2.45, 2.75) is 27.3 Å². The third-order valence-electron chi connectivity index (χ3n) is 4.37. The van der Waals surface area contributed by atoms with Crippen LogP contribution in [0.25, 0.3) is 0 Å². The van der Waals surface area contributed by atoms with Crippen LogP contribution < -0.4 is 5.32 Å². The Morgan fingerprint density at radius 1 is 0.963 bits per heavy atom. The predicted molar refractivity (Wildman–Crippen MR) is 110 cm³/mol. The van der Waals surface area contributed by atoms with Gasteiger partial charge in [0.15, 0.2) is 0 Å². The van der Waals surface area contributed by atoms with Crippen molar-refractivity contribution in [3.8, 4) is 0 Å². The van der Waals surface area contributed by atoms with Crippen LogP contribution in [0.3, 0.4) is 0 Å². The van der Waals surface area contributed by atoms with Crippen molar-refractivity contribution >= 4 is 17.3 Å². The van der Waals surface area contributed by atoms with Crippen molar-refractivity contribution in [2.75, 3.05) is 11.9 Å². The van der Waals surface area contributed by atoms with Gasteiger partial charge in [0.05, 0.1) is 0 Å². The lowest BCUT2D eigenvalue weighted by Gasteiger charge is -2.21. The number of aryl methyl sites for hydroxylation is 2. The van der Waals surface area contributed by atoms with Gasteiger partial charge in [-0.1, -0.05) is 36.4 Å². The molecule has 0 unspecified atom stereocenters. The number of rotatable bonds is 6. The maximum atomic E-state index is 12.9. The summed E-state index contributed by atoms with van der Waals surface area (Å²) in [6.45, 7) is 7.33. The summed E-state index contributed by atoms with van der Waals surface area (Å²) < 4.78 is 0. The predicted octanol–water partition coefficient (Wildman–Crippen LogP) is 5.10. The van der Waals surface area contributed by atoms with E-state index in [1.807, 2.05) is 49.4 Å². The highest BCUT2D eigenvalue weighted by Gasteiger charge is 2.16. The Kier molecular flexibility index (Phi) is 5.87. The van der Waals surface area contributed by atoms with Crippen LogP contribution in [0, 0.1) is 13.8 Å². The molecule has 0 saturated heterocycles. The zero-order valence-corrected chi connectivity index (χ0v) is 16.1. The Morgan fingerprint density at radius 2 is 1.67 bits per heavy atom. The molecule has 0 bridgehead atoms. The van der Waals surface area contributed by atoms with E-state index in [0.717, 1.165) is 16.9 Å². The van der Waals surface area contributed by atoms with E-state index in [2.05, 4.69) is 42.3 Å². The standard InChI is InChI=1S/C23H25N3O/c1-4-26(16-19-8-6-5-7-9-19)23(27)22-15-20(10-11-24-22)25-21-13-17(2)12-18(3)14-21/h5-15H,4,16H2,1-3H3,(H,24,25). The van der Waals surface area contributed by atoms with Gasteiger partial charge in [0.2, 0.25) is 0 Å². The first-order valence-electron chi connectivity index (χ1n) is 9.19. The van der Waals surface area contributed by atoms with Gasteiger partial charge in [-0.15, -0.1) is 0 Å². The third kappa shape index (κ3) is 4.94. The van der Waals surface area contributed by atoms with Crippen LogP contribution in [0.5, 0.6) is 0 Å². The molecule has 0 aliphatic heterocycles. The van der Waals surface area contributed by atoms with E-state index < -0.39 is 0 Å². The first-order valence-corrected chi connectivity index (χ1v) is 9.19. The molecule has 3 rings (SSSR count). The largest absolute Gasteiger partial charge is 0.355 e. The number of nitrogens with one attached hydrogen (secondary N) is 1. The van der Waals surface area contributed by atoms with Gasteiger partial charge >= 0.3 is 0 Å². The van der Waals surface area contributed by atoms with Crippen LogP contribution in [0.1, 0.15) is 34.1 Å². The second-order valence-electron chi connectivity index (χ2n) is 6.74. The van der Waals surface area contributed by atoms with Gasteiger partial charge < -0.3 is 10.2 Å². The maximum Gasteiger partial charge on any atom is 0.272 e. The third-order valence-corrected chi connectivity index (χ3v) is 4.37. The molecule has 4 heteroatoms.